The van der Waals surface area contributed by atoms with Crippen molar-refractivity contribution in [2.24, 2.45) is 12.8 Å². The number of amidine groups is 1. The van der Waals surface area contributed by atoms with E-state index in [2.05, 4.69) is 25.6 Å². The minimum atomic E-state index is -0.551. The van der Waals surface area contributed by atoms with E-state index >= 15 is 0 Å². The SMILES string of the molecule is Cl.Cn1cc(-c2cn(Cc3ccc(-c4noc(C5(C(=N)N)CC5)n4)cc3)nn2)cn1. The average molecular weight is 426 g/mol. The molecule has 1 aliphatic carbocycles. The molecule has 10 nitrogen and oxygen atoms in total. The molecule has 0 atom stereocenters. The minimum absolute atomic E-state index is 0. The summed E-state index contributed by atoms with van der Waals surface area (Å²) in [7, 11) is 1.87. The van der Waals surface area contributed by atoms with Crippen LogP contribution < -0.4 is 5.73 Å². The van der Waals surface area contributed by atoms with Crippen molar-refractivity contribution in [1.82, 2.24) is 34.9 Å². The molecule has 0 radical (unpaired) electrons. The molecule has 3 heterocycles. The summed E-state index contributed by atoms with van der Waals surface area (Å²) in [4.78, 5) is 4.45. The van der Waals surface area contributed by atoms with Gasteiger partial charge >= 0.3 is 0 Å². The number of hydrogen-bond donors (Lipinski definition) is 2. The topological polar surface area (TPSA) is 137 Å². The van der Waals surface area contributed by atoms with Crippen LogP contribution in [0.2, 0.25) is 0 Å². The van der Waals surface area contributed by atoms with E-state index in [1.54, 1.807) is 15.6 Å². The molecule has 0 bridgehead atoms. The van der Waals surface area contributed by atoms with Gasteiger partial charge in [-0.05, 0) is 18.4 Å². The van der Waals surface area contributed by atoms with Crippen LogP contribution in [0, 0.1) is 5.41 Å². The first-order chi connectivity index (χ1) is 14.0. The zero-order chi connectivity index (χ0) is 20.0. The fourth-order valence-corrected chi connectivity index (χ4v) is 3.27. The van der Waals surface area contributed by atoms with Crippen LogP contribution in [-0.2, 0) is 19.0 Å². The first kappa shape index (κ1) is 19.8. The van der Waals surface area contributed by atoms with Gasteiger partial charge < -0.3 is 10.3 Å². The molecule has 0 amide bonds. The molecule has 1 aromatic carbocycles. The second-order valence-corrected chi connectivity index (χ2v) is 7.32. The highest BCUT2D eigenvalue weighted by molar-refractivity contribution is 5.91. The third-order valence-electron chi connectivity index (χ3n) is 5.20. The smallest absolute Gasteiger partial charge is 0.240 e. The molecule has 5 rings (SSSR count). The third kappa shape index (κ3) is 3.45. The van der Waals surface area contributed by atoms with Crippen molar-refractivity contribution in [3.63, 3.8) is 0 Å². The van der Waals surface area contributed by atoms with Crippen LogP contribution in [-0.4, -0.2) is 40.8 Å². The van der Waals surface area contributed by atoms with Crippen molar-refractivity contribution >= 4 is 18.2 Å². The van der Waals surface area contributed by atoms with Crippen molar-refractivity contribution in [3.05, 3.63) is 54.3 Å². The molecule has 30 heavy (non-hydrogen) atoms. The molecule has 0 saturated heterocycles. The van der Waals surface area contributed by atoms with E-state index in [0.717, 1.165) is 35.2 Å². The van der Waals surface area contributed by atoms with Crippen molar-refractivity contribution in [2.75, 3.05) is 0 Å². The largest absolute Gasteiger partial charge is 0.387 e. The van der Waals surface area contributed by atoms with E-state index in [9.17, 15) is 0 Å². The Balaban J connectivity index is 0.00000218. The molecule has 154 valence electrons. The van der Waals surface area contributed by atoms with Crippen LogP contribution in [0.3, 0.4) is 0 Å². The highest BCUT2D eigenvalue weighted by Gasteiger charge is 2.52. The first-order valence-electron chi connectivity index (χ1n) is 9.21. The number of rotatable bonds is 6. The lowest BCUT2D eigenvalue weighted by molar-refractivity contribution is 0.367. The lowest BCUT2D eigenvalue weighted by atomic mass is 10.1. The molecular weight excluding hydrogens is 406 g/mol. The third-order valence-corrected chi connectivity index (χ3v) is 5.20. The van der Waals surface area contributed by atoms with E-state index in [4.69, 9.17) is 15.7 Å². The van der Waals surface area contributed by atoms with Gasteiger partial charge in [-0.25, -0.2) is 4.68 Å². The molecular formula is C19H20ClN9O. The van der Waals surface area contributed by atoms with E-state index in [-0.39, 0.29) is 18.2 Å². The summed E-state index contributed by atoms with van der Waals surface area (Å²) in [6.45, 7) is 0.596. The molecule has 0 aliphatic heterocycles. The van der Waals surface area contributed by atoms with E-state index < -0.39 is 5.41 Å². The van der Waals surface area contributed by atoms with Crippen molar-refractivity contribution in [2.45, 2.75) is 24.8 Å². The summed E-state index contributed by atoms with van der Waals surface area (Å²) in [6, 6.07) is 7.87. The number of nitrogens with zero attached hydrogens (tertiary/aromatic N) is 7. The van der Waals surface area contributed by atoms with Gasteiger partial charge in [-0.2, -0.15) is 10.1 Å². The van der Waals surface area contributed by atoms with Gasteiger partial charge in [-0.15, -0.1) is 17.5 Å². The maximum atomic E-state index is 7.74. The molecule has 3 N–H and O–H groups in total. The second-order valence-electron chi connectivity index (χ2n) is 7.32. The quantitative estimate of drug-likeness (QED) is 0.356. The van der Waals surface area contributed by atoms with Gasteiger partial charge in [0.05, 0.1) is 18.9 Å². The molecule has 4 aromatic rings. The number of aromatic nitrogens is 7. The van der Waals surface area contributed by atoms with Gasteiger partial charge in [0, 0.05) is 24.4 Å². The zero-order valence-electron chi connectivity index (χ0n) is 16.2. The number of halogens is 1. The van der Waals surface area contributed by atoms with E-state index in [1.807, 2.05) is 43.7 Å². The summed E-state index contributed by atoms with van der Waals surface area (Å²) in [6.07, 6.45) is 7.12. The van der Waals surface area contributed by atoms with Gasteiger partial charge in [-0.1, -0.05) is 34.6 Å². The molecule has 3 aromatic heterocycles. The summed E-state index contributed by atoms with van der Waals surface area (Å²) >= 11 is 0. The summed E-state index contributed by atoms with van der Waals surface area (Å²) in [5.74, 6) is 1.01. The monoisotopic (exact) mass is 425 g/mol. The Bertz CT molecular complexity index is 1190. The lowest BCUT2D eigenvalue weighted by Gasteiger charge is -2.05. The van der Waals surface area contributed by atoms with Gasteiger partial charge in [0.15, 0.2) is 0 Å². The molecule has 11 heteroatoms. The van der Waals surface area contributed by atoms with Crippen LogP contribution in [0.4, 0.5) is 0 Å². The summed E-state index contributed by atoms with van der Waals surface area (Å²) in [5, 5.41) is 24.3. The number of aryl methyl sites for hydroxylation is 1. The van der Waals surface area contributed by atoms with Crippen LogP contribution >= 0.6 is 12.4 Å². The Morgan fingerprint density at radius 2 is 1.97 bits per heavy atom. The van der Waals surface area contributed by atoms with Crippen LogP contribution in [0.5, 0.6) is 0 Å². The molecule has 1 fully saturated rings. The Morgan fingerprint density at radius 1 is 1.20 bits per heavy atom. The Hall–Kier alpha value is -3.53. The maximum Gasteiger partial charge on any atom is 0.240 e. The summed E-state index contributed by atoms with van der Waals surface area (Å²) < 4.78 is 8.89. The molecule has 1 aliphatic rings. The van der Waals surface area contributed by atoms with Gasteiger partial charge in [0.25, 0.3) is 0 Å². The predicted molar refractivity (Wildman–Crippen MR) is 111 cm³/mol. The number of nitrogens with one attached hydrogen (secondary N) is 1. The van der Waals surface area contributed by atoms with Crippen molar-refractivity contribution < 1.29 is 4.52 Å². The first-order valence-corrected chi connectivity index (χ1v) is 9.21. The Morgan fingerprint density at radius 3 is 2.60 bits per heavy atom. The number of nitrogens with two attached hydrogens (primary N) is 1. The van der Waals surface area contributed by atoms with Gasteiger partial charge in [0.2, 0.25) is 11.7 Å². The van der Waals surface area contributed by atoms with Crippen molar-refractivity contribution in [1.29, 1.82) is 5.41 Å². The highest BCUT2D eigenvalue weighted by Crippen LogP contribution is 2.47. The normalized spacial score (nSPS) is 14.3. The Kier molecular flexibility index (Phi) is 4.86. The molecule has 0 unspecified atom stereocenters. The number of benzene rings is 1. The standard InChI is InChI=1S/C19H19N9O.ClH/c1-27-10-14(8-22-27)15-11-28(26-24-15)9-12-2-4-13(5-3-12)16-23-18(29-25-16)19(6-7-19)17(20)21;/h2-5,8,10-11H,6-7,9H2,1H3,(H3,20,21);1H. The van der Waals surface area contributed by atoms with E-state index in [1.165, 1.54) is 0 Å². The second kappa shape index (κ2) is 7.38. The lowest BCUT2D eigenvalue weighted by Crippen LogP contribution is -2.27. The zero-order valence-corrected chi connectivity index (χ0v) is 17.0. The Labute approximate surface area is 178 Å². The highest BCUT2D eigenvalue weighted by atomic mass is 35.5. The van der Waals surface area contributed by atoms with Crippen LogP contribution in [0.25, 0.3) is 22.6 Å². The molecule has 1 saturated carbocycles. The fraction of sp³-hybridized carbons (Fsp3) is 0.263. The molecule has 0 spiro atoms. The van der Waals surface area contributed by atoms with Crippen LogP contribution in [0.1, 0.15) is 24.3 Å². The van der Waals surface area contributed by atoms with Crippen LogP contribution in [0.15, 0.2) is 47.4 Å². The minimum Gasteiger partial charge on any atom is -0.387 e. The fourth-order valence-electron chi connectivity index (χ4n) is 3.27. The maximum absolute atomic E-state index is 7.74. The predicted octanol–water partition coefficient (Wildman–Crippen LogP) is 2.17. The van der Waals surface area contributed by atoms with Crippen molar-refractivity contribution in [3.8, 4) is 22.6 Å². The number of hydrogen-bond acceptors (Lipinski definition) is 7. The van der Waals surface area contributed by atoms with Gasteiger partial charge in [0.1, 0.15) is 16.9 Å². The average Bonchev–Trinajstić information content (AvgIpc) is 3.05. The van der Waals surface area contributed by atoms with Gasteiger partial charge in [-0.3, -0.25) is 10.1 Å². The summed E-state index contributed by atoms with van der Waals surface area (Å²) in [5.41, 5.74) is 8.77. The van der Waals surface area contributed by atoms with E-state index in [0.29, 0.717) is 18.3 Å².